The molecule has 0 aliphatic carbocycles. The van der Waals surface area contributed by atoms with E-state index in [0.717, 1.165) is 24.3 Å². The van der Waals surface area contributed by atoms with Gasteiger partial charge in [-0.25, -0.2) is 12.8 Å². The van der Waals surface area contributed by atoms with Crippen LogP contribution in [-0.2, 0) is 10.0 Å². The number of hydrogen-bond donors (Lipinski definition) is 2. The number of anilines is 1. The quantitative estimate of drug-likeness (QED) is 0.484. The fourth-order valence-electron chi connectivity index (χ4n) is 2.30. The Hall–Kier alpha value is -1.56. The molecule has 1 aromatic heterocycles. The number of nitrogens with one attached hydrogen (secondary N) is 2. The molecule has 0 atom stereocenters. The van der Waals surface area contributed by atoms with Crippen LogP contribution < -0.4 is 66.8 Å². The normalized spacial score (nSPS) is 11.0. The summed E-state index contributed by atoms with van der Waals surface area (Å²) in [7, 11) is -4.05. The molecule has 3 rings (SSSR count). The number of hydrogen-bond acceptors (Lipinski definition) is 5. The standard InChI is InChI=1S/C16H11FN2O5S.K/c17-9-1-3-10(4-2-9)19-25(23,24)11-5-6-14-12(7-11)13(16(21)22)8-15(20)18-14;/h1-8,19H,(H,18,20)(H,21,22);/q;+1/p-1. The summed E-state index contributed by atoms with van der Waals surface area (Å²) >= 11 is 0. The Morgan fingerprint density at radius 1 is 1.08 bits per heavy atom. The van der Waals surface area contributed by atoms with Crippen LogP contribution in [0.25, 0.3) is 10.9 Å². The van der Waals surface area contributed by atoms with E-state index >= 15 is 0 Å². The number of carbonyl (C=O) groups is 1. The molecule has 3 aromatic rings. The molecule has 0 saturated heterocycles. The number of rotatable bonds is 4. The van der Waals surface area contributed by atoms with Gasteiger partial charge >= 0.3 is 51.4 Å². The molecule has 10 heteroatoms. The Morgan fingerprint density at radius 3 is 2.35 bits per heavy atom. The molecular formula is C16H10FKN2O5S. The maximum absolute atomic E-state index is 12.9. The van der Waals surface area contributed by atoms with Gasteiger partial charge in [0.05, 0.1) is 10.9 Å². The molecule has 128 valence electrons. The van der Waals surface area contributed by atoms with Crippen LogP contribution in [0.15, 0.2) is 58.2 Å². The van der Waals surface area contributed by atoms with E-state index in [2.05, 4.69) is 9.71 Å². The van der Waals surface area contributed by atoms with Crippen LogP contribution in [0.5, 0.6) is 0 Å². The predicted octanol–water partition coefficient (Wildman–Crippen LogP) is -2.16. The second kappa shape index (κ2) is 7.99. The van der Waals surface area contributed by atoms with Gasteiger partial charge in [-0.05, 0) is 42.5 Å². The molecule has 26 heavy (non-hydrogen) atoms. The number of pyridine rings is 1. The molecule has 0 unspecified atom stereocenters. The van der Waals surface area contributed by atoms with E-state index in [1.165, 1.54) is 24.3 Å². The summed E-state index contributed by atoms with van der Waals surface area (Å²) in [6, 6.07) is 9.11. The number of carboxylic acid groups (broad SMARTS) is 1. The van der Waals surface area contributed by atoms with Gasteiger partial charge in [0.25, 0.3) is 10.0 Å². The number of H-pyrrole nitrogens is 1. The summed E-state index contributed by atoms with van der Waals surface area (Å²) in [5.74, 6) is -2.12. The second-order valence-electron chi connectivity index (χ2n) is 5.15. The number of aromatic amines is 1. The van der Waals surface area contributed by atoms with Crippen molar-refractivity contribution >= 4 is 32.6 Å². The number of carbonyl (C=O) groups excluding carboxylic acids is 1. The van der Waals surface area contributed by atoms with Crippen LogP contribution >= 0.6 is 0 Å². The van der Waals surface area contributed by atoms with Crippen LogP contribution in [0.1, 0.15) is 10.4 Å². The van der Waals surface area contributed by atoms with Gasteiger partial charge in [0.1, 0.15) is 5.82 Å². The number of carboxylic acids is 1. The van der Waals surface area contributed by atoms with Crippen LogP contribution in [-0.4, -0.2) is 19.4 Å². The van der Waals surface area contributed by atoms with E-state index in [9.17, 15) is 27.5 Å². The maximum Gasteiger partial charge on any atom is 1.00 e. The monoisotopic (exact) mass is 400 g/mol. The molecule has 0 spiro atoms. The first kappa shape index (κ1) is 20.7. The minimum Gasteiger partial charge on any atom is -0.545 e. The first-order valence-corrected chi connectivity index (χ1v) is 8.41. The Kier molecular flexibility index (Phi) is 6.37. The Labute approximate surface area is 189 Å². The zero-order valence-corrected chi connectivity index (χ0v) is 17.4. The largest absolute Gasteiger partial charge is 1.00 e. The number of halogens is 1. The third kappa shape index (κ3) is 4.39. The minimum atomic E-state index is -4.05. The van der Waals surface area contributed by atoms with Crippen LogP contribution in [0.2, 0.25) is 0 Å². The fourth-order valence-corrected chi connectivity index (χ4v) is 3.39. The van der Waals surface area contributed by atoms with E-state index in [1.54, 1.807) is 0 Å². The Bertz CT molecular complexity index is 1140. The average molecular weight is 400 g/mol. The Morgan fingerprint density at radius 2 is 1.73 bits per heavy atom. The molecule has 0 amide bonds. The molecule has 0 radical (unpaired) electrons. The minimum absolute atomic E-state index is 0. The van der Waals surface area contributed by atoms with Crippen molar-refractivity contribution in [3.63, 3.8) is 0 Å². The van der Waals surface area contributed by atoms with Gasteiger partial charge in [-0.2, -0.15) is 0 Å². The molecule has 0 bridgehead atoms. The van der Waals surface area contributed by atoms with Crippen LogP contribution in [0.3, 0.4) is 0 Å². The molecule has 0 aliphatic rings. The van der Waals surface area contributed by atoms with Crippen molar-refractivity contribution in [2.24, 2.45) is 0 Å². The summed E-state index contributed by atoms with van der Waals surface area (Å²) < 4.78 is 40.0. The third-order valence-electron chi connectivity index (χ3n) is 3.44. The van der Waals surface area contributed by atoms with Crippen molar-refractivity contribution < 1.29 is 74.1 Å². The van der Waals surface area contributed by atoms with E-state index in [0.29, 0.717) is 0 Å². The van der Waals surface area contributed by atoms with Crippen LogP contribution in [0.4, 0.5) is 10.1 Å². The number of aromatic nitrogens is 1. The van der Waals surface area contributed by atoms with Gasteiger partial charge in [-0.15, -0.1) is 0 Å². The number of sulfonamides is 1. The summed E-state index contributed by atoms with van der Waals surface area (Å²) in [6.45, 7) is 0. The van der Waals surface area contributed by atoms with E-state index in [1.807, 2.05) is 0 Å². The zero-order chi connectivity index (χ0) is 18.2. The van der Waals surface area contributed by atoms with Crippen LogP contribution in [0, 0.1) is 5.82 Å². The molecule has 7 nitrogen and oxygen atoms in total. The number of benzene rings is 2. The summed E-state index contributed by atoms with van der Waals surface area (Å²) in [4.78, 5) is 24.8. The summed E-state index contributed by atoms with van der Waals surface area (Å²) in [5, 5.41) is 11.2. The van der Waals surface area contributed by atoms with Crippen molar-refractivity contribution in [2.45, 2.75) is 4.90 Å². The zero-order valence-electron chi connectivity index (χ0n) is 13.4. The van der Waals surface area contributed by atoms with Crippen molar-refractivity contribution in [3.05, 3.63) is 70.3 Å². The number of aromatic carboxylic acids is 1. The summed E-state index contributed by atoms with van der Waals surface area (Å²) in [5.41, 5.74) is -0.764. The topological polar surface area (TPSA) is 119 Å². The second-order valence-corrected chi connectivity index (χ2v) is 6.84. The van der Waals surface area contributed by atoms with Crippen molar-refractivity contribution in [1.82, 2.24) is 4.98 Å². The third-order valence-corrected chi connectivity index (χ3v) is 4.82. The molecule has 1 heterocycles. The smallest absolute Gasteiger partial charge is 0.545 e. The maximum atomic E-state index is 12.9. The predicted molar refractivity (Wildman–Crippen MR) is 86.1 cm³/mol. The molecule has 0 saturated carbocycles. The molecule has 2 aromatic carbocycles. The molecule has 0 fully saturated rings. The number of fused-ring (bicyclic) bond motifs is 1. The average Bonchev–Trinajstić information content (AvgIpc) is 2.55. The molecule has 0 aliphatic heterocycles. The molecule has 2 N–H and O–H groups in total. The van der Waals surface area contributed by atoms with Gasteiger partial charge in [0, 0.05) is 28.2 Å². The van der Waals surface area contributed by atoms with Gasteiger partial charge in [-0.1, -0.05) is 0 Å². The van der Waals surface area contributed by atoms with Gasteiger partial charge < -0.3 is 14.9 Å². The fraction of sp³-hybridized carbons (Fsp3) is 0. The van der Waals surface area contributed by atoms with Gasteiger partial charge in [0.15, 0.2) is 0 Å². The summed E-state index contributed by atoms with van der Waals surface area (Å²) in [6.07, 6.45) is 0. The van der Waals surface area contributed by atoms with E-state index < -0.39 is 32.9 Å². The Balaban J connectivity index is 0.00000243. The van der Waals surface area contributed by atoms with Gasteiger partial charge in [-0.3, -0.25) is 9.52 Å². The van der Waals surface area contributed by atoms with Gasteiger partial charge in [0.2, 0.25) is 5.56 Å². The first-order chi connectivity index (χ1) is 11.8. The van der Waals surface area contributed by atoms with E-state index in [-0.39, 0.29) is 72.9 Å². The molecular weight excluding hydrogens is 390 g/mol. The van der Waals surface area contributed by atoms with E-state index in [4.69, 9.17) is 0 Å². The SMILES string of the molecule is O=C([O-])c1cc(=O)[nH]c2ccc(S(=O)(=O)Nc3ccc(F)cc3)cc12.[K+]. The van der Waals surface area contributed by atoms with Crippen molar-refractivity contribution in [3.8, 4) is 0 Å². The van der Waals surface area contributed by atoms with Crippen molar-refractivity contribution in [1.29, 1.82) is 0 Å². The van der Waals surface area contributed by atoms with Crippen molar-refractivity contribution in [2.75, 3.05) is 4.72 Å². The first-order valence-electron chi connectivity index (χ1n) is 6.93.